The van der Waals surface area contributed by atoms with Crippen LogP contribution in [0.25, 0.3) is 0 Å². The summed E-state index contributed by atoms with van der Waals surface area (Å²) in [4.78, 5) is 2.30. The molecule has 14 heavy (non-hydrogen) atoms. The van der Waals surface area contributed by atoms with Crippen LogP contribution in [-0.4, -0.2) is 42.9 Å². The molecule has 0 N–H and O–H groups in total. The van der Waals surface area contributed by atoms with Crippen LogP contribution in [0, 0.1) is 0 Å². The molecule has 0 unspecified atom stereocenters. The lowest BCUT2D eigenvalue weighted by molar-refractivity contribution is 0.0354. The number of ether oxygens (including phenoxy) is 1. The SMILES string of the molecule is CCCOC[C@]12CCCN1C[C@@H](F)C2. The number of rotatable bonds is 4. The van der Waals surface area contributed by atoms with Gasteiger partial charge in [0.15, 0.2) is 0 Å². The lowest BCUT2D eigenvalue weighted by Gasteiger charge is -2.31. The first kappa shape index (κ1) is 10.4. The van der Waals surface area contributed by atoms with E-state index in [1.54, 1.807) is 0 Å². The van der Waals surface area contributed by atoms with Gasteiger partial charge >= 0.3 is 0 Å². The molecule has 0 spiro atoms. The van der Waals surface area contributed by atoms with Gasteiger partial charge in [-0.25, -0.2) is 4.39 Å². The van der Waals surface area contributed by atoms with E-state index in [2.05, 4.69) is 11.8 Å². The monoisotopic (exact) mass is 201 g/mol. The highest BCUT2D eigenvalue weighted by Gasteiger charge is 2.48. The second-order valence-corrected chi connectivity index (χ2v) is 4.63. The Balaban J connectivity index is 1.91. The van der Waals surface area contributed by atoms with Gasteiger partial charge in [0.05, 0.1) is 6.61 Å². The molecule has 0 aliphatic carbocycles. The van der Waals surface area contributed by atoms with Crippen LogP contribution in [0.5, 0.6) is 0 Å². The van der Waals surface area contributed by atoms with Gasteiger partial charge < -0.3 is 4.74 Å². The average molecular weight is 201 g/mol. The molecule has 0 amide bonds. The van der Waals surface area contributed by atoms with Crippen LogP contribution >= 0.6 is 0 Å². The van der Waals surface area contributed by atoms with E-state index in [0.717, 1.165) is 32.6 Å². The first-order valence-electron chi connectivity index (χ1n) is 5.74. The Bertz CT molecular complexity index is 200. The molecule has 0 aromatic carbocycles. The first-order chi connectivity index (χ1) is 6.77. The van der Waals surface area contributed by atoms with E-state index in [9.17, 15) is 4.39 Å². The number of halogens is 1. The summed E-state index contributed by atoms with van der Waals surface area (Å²) < 4.78 is 18.9. The van der Waals surface area contributed by atoms with Gasteiger partial charge in [0.25, 0.3) is 0 Å². The number of alkyl halides is 1. The zero-order valence-electron chi connectivity index (χ0n) is 8.97. The molecule has 82 valence electrons. The van der Waals surface area contributed by atoms with Crippen molar-refractivity contribution < 1.29 is 9.13 Å². The molecule has 2 saturated heterocycles. The minimum absolute atomic E-state index is 0.0641. The maximum absolute atomic E-state index is 13.3. The summed E-state index contributed by atoms with van der Waals surface area (Å²) in [6.45, 7) is 5.36. The normalized spacial score (nSPS) is 37.7. The van der Waals surface area contributed by atoms with Crippen molar-refractivity contribution in [1.29, 1.82) is 0 Å². The van der Waals surface area contributed by atoms with E-state index in [-0.39, 0.29) is 5.54 Å². The Morgan fingerprint density at radius 2 is 2.43 bits per heavy atom. The molecular formula is C11H20FNO. The molecule has 2 nitrogen and oxygen atoms in total. The zero-order chi connectivity index (χ0) is 10.0. The van der Waals surface area contributed by atoms with Crippen LogP contribution in [0.15, 0.2) is 0 Å². The molecule has 0 aromatic heterocycles. The summed E-state index contributed by atoms with van der Waals surface area (Å²) in [5, 5.41) is 0. The Morgan fingerprint density at radius 1 is 1.57 bits per heavy atom. The van der Waals surface area contributed by atoms with Crippen LogP contribution in [0.1, 0.15) is 32.6 Å². The van der Waals surface area contributed by atoms with Gasteiger partial charge in [0.1, 0.15) is 6.17 Å². The van der Waals surface area contributed by atoms with E-state index in [1.807, 2.05) is 0 Å². The van der Waals surface area contributed by atoms with Crippen molar-refractivity contribution in [3.63, 3.8) is 0 Å². The summed E-state index contributed by atoms with van der Waals surface area (Å²) in [5.41, 5.74) is 0.0641. The van der Waals surface area contributed by atoms with Crippen molar-refractivity contribution in [1.82, 2.24) is 4.90 Å². The quantitative estimate of drug-likeness (QED) is 0.645. The molecule has 2 aliphatic heterocycles. The number of hydrogen-bond donors (Lipinski definition) is 0. The second kappa shape index (κ2) is 4.15. The van der Waals surface area contributed by atoms with Crippen LogP contribution in [0.4, 0.5) is 4.39 Å². The number of nitrogens with zero attached hydrogens (tertiary/aromatic N) is 1. The van der Waals surface area contributed by atoms with Gasteiger partial charge in [-0.15, -0.1) is 0 Å². The van der Waals surface area contributed by atoms with Crippen molar-refractivity contribution in [2.75, 3.05) is 26.3 Å². The zero-order valence-corrected chi connectivity index (χ0v) is 8.97. The van der Waals surface area contributed by atoms with Crippen LogP contribution in [0.3, 0.4) is 0 Å². The Labute approximate surface area is 85.4 Å². The maximum atomic E-state index is 13.3. The van der Waals surface area contributed by atoms with E-state index < -0.39 is 6.17 Å². The van der Waals surface area contributed by atoms with Crippen molar-refractivity contribution in [3.8, 4) is 0 Å². The maximum Gasteiger partial charge on any atom is 0.115 e. The standard InChI is InChI=1S/C11H20FNO/c1-2-6-14-9-11-4-3-5-13(11)8-10(12)7-11/h10H,2-9H2,1H3/t10-,11+/m0/s1. The van der Waals surface area contributed by atoms with Crippen LogP contribution in [-0.2, 0) is 4.74 Å². The largest absolute Gasteiger partial charge is 0.380 e. The van der Waals surface area contributed by atoms with Crippen molar-refractivity contribution >= 4 is 0 Å². The number of hydrogen-bond acceptors (Lipinski definition) is 2. The predicted octanol–water partition coefficient (Wildman–Crippen LogP) is 1.99. The van der Waals surface area contributed by atoms with E-state index >= 15 is 0 Å². The summed E-state index contributed by atoms with van der Waals surface area (Å²) in [7, 11) is 0. The molecule has 2 atom stereocenters. The Morgan fingerprint density at radius 3 is 3.21 bits per heavy atom. The topological polar surface area (TPSA) is 12.5 Å². The van der Waals surface area contributed by atoms with Crippen LogP contribution in [0.2, 0.25) is 0 Å². The molecule has 0 bridgehead atoms. The summed E-state index contributed by atoms with van der Waals surface area (Å²) in [5.74, 6) is 0. The molecule has 0 radical (unpaired) electrons. The molecule has 0 saturated carbocycles. The summed E-state index contributed by atoms with van der Waals surface area (Å²) in [6, 6.07) is 0. The third-order valence-electron chi connectivity index (χ3n) is 3.48. The van der Waals surface area contributed by atoms with E-state index in [0.29, 0.717) is 13.0 Å². The smallest absolute Gasteiger partial charge is 0.115 e. The molecule has 2 rings (SSSR count). The third kappa shape index (κ3) is 1.80. The fraction of sp³-hybridized carbons (Fsp3) is 1.00. The minimum atomic E-state index is -0.625. The third-order valence-corrected chi connectivity index (χ3v) is 3.48. The second-order valence-electron chi connectivity index (χ2n) is 4.63. The molecule has 2 heterocycles. The molecular weight excluding hydrogens is 181 g/mol. The molecule has 2 aliphatic rings. The molecule has 3 heteroatoms. The fourth-order valence-corrected chi connectivity index (χ4v) is 2.86. The highest BCUT2D eigenvalue weighted by Crippen LogP contribution is 2.40. The van der Waals surface area contributed by atoms with E-state index in [1.165, 1.54) is 6.42 Å². The predicted molar refractivity (Wildman–Crippen MR) is 54.2 cm³/mol. The number of fused-ring (bicyclic) bond motifs is 1. The van der Waals surface area contributed by atoms with Crippen molar-refractivity contribution in [2.24, 2.45) is 0 Å². The van der Waals surface area contributed by atoms with Crippen molar-refractivity contribution in [2.45, 2.75) is 44.3 Å². The van der Waals surface area contributed by atoms with Gasteiger partial charge in [-0.05, 0) is 25.8 Å². The highest BCUT2D eigenvalue weighted by atomic mass is 19.1. The van der Waals surface area contributed by atoms with Gasteiger partial charge in [-0.1, -0.05) is 6.92 Å². The minimum Gasteiger partial charge on any atom is -0.380 e. The van der Waals surface area contributed by atoms with Gasteiger partial charge in [-0.3, -0.25) is 4.90 Å². The Kier molecular flexibility index (Phi) is 3.07. The molecule has 2 fully saturated rings. The lowest BCUT2D eigenvalue weighted by atomic mass is 9.95. The van der Waals surface area contributed by atoms with Crippen LogP contribution < -0.4 is 0 Å². The van der Waals surface area contributed by atoms with Gasteiger partial charge in [0.2, 0.25) is 0 Å². The van der Waals surface area contributed by atoms with Crippen molar-refractivity contribution in [3.05, 3.63) is 0 Å². The summed E-state index contributed by atoms with van der Waals surface area (Å²) >= 11 is 0. The fourth-order valence-electron chi connectivity index (χ4n) is 2.86. The highest BCUT2D eigenvalue weighted by molar-refractivity contribution is 5.03. The molecule has 0 aromatic rings. The lowest BCUT2D eigenvalue weighted by Crippen LogP contribution is -2.42. The van der Waals surface area contributed by atoms with Gasteiger partial charge in [0, 0.05) is 25.1 Å². The first-order valence-corrected chi connectivity index (χ1v) is 5.74. The van der Waals surface area contributed by atoms with E-state index in [4.69, 9.17) is 4.74 Å². The summed E-state index contributed by atoms with van der Waals surface area (Å²) in [6.07, 6.45) is 3.45. The average Bonchev–Trinajstić information content (AvgIpc) is 2.60. The Hall–Kier alpha value is -0.150. The van der Waals surface area contributed by atoms with Gasteiger partial charge in [-0.2, -0.15) is 0 Å².